The Balaban J connectivity index is 1.35. The summed E-state index contributed by atoms with van der Waals surface area (Å²) in [5.74, 6) is 0.277. The van der Waals surface area contributed by atoms with Gasteiger partial charge in [0.1, 0.15) is 17.1 Å². The van der Waals surface area contributed by atoms with Crippen LogP contribution in [0.5, 0.6) is 5.75 Å². The van der Waals surface area contributed by atoms with Gasteiger partial charge in [0.05, 0.1) is 12.6 Å². The van der Waals surface area contributed by atoms with Crippen LogP contribution in [0.25, 0.3) is 22.3 Å². The van der Waals surface area contributed by atoms with Gasteiger partial charge in [-0.05, 0) is 53.9 Å². The number of carbonyl (C=O) groups is 2. The highest BCUT2D eigenvalue weighted by Crippen LogP contribution is 2.31. The van der Waals surface area contributed by atoms with Crippen LogP contribution in [0.1, 0.15) is 40.4 Å². The summed E-state index contributed by atoms with van der Waals surface area (Å²) in [6.45, 7) is 0.321. The first kappa shape index (κ1) is 24.8. The van der Waals surface area contributed by atoms with Crippen molar-refractivity contribution in [2.75, 3.05) is 6.61 Å². The van der Waals surface area contributed by atoms with Gasteiger partial charge in [-0.1, -0.05) is 72.8 Å². The molecule has 1 heterocycles. The van der Waals surface area contributed by atoms with Crippen molar-refractivity contribution in [2.24, 2.45) is 0 Å². The molecule has 0 fully saturated rings. The highest BCUT2D eigenvalue weighted by molar-refractivity contribution is 5.98. The molecule has 6 heteroatoms. The molecule has 190 valence electrons. The molecule has 4 aromatic carbocycles. The Hall–Kier alpha value is -4.84. The molecule has 0 spiro atoms. The monoisotopic (exact) mass is 505 g/mol. The predicted molar refractivity (Wildman–Crippen MR) is 146 cm³/mol. The van der Waals surface area contributed by atoms with Crippen LogP contribution in [-0.2, 0) is 4.79 Å². The number of carbonyl (C=O) groups excluding carboxylic acids is 1. The summed E-state index contributed by atoms with van der Waals surface area (Å²) in [6.07, 6.45) is 0.501. The zero-order valence-corrected chi connectivity index (χ0v) is 20.7. The van der Waals surface area contributed by atoms with Crippen LogP contribution < -0.4 is 10.1 Å². The Bertz CT molecular complexity index is 1500. The largest absolute Gasteiger partial charge is 0.494 e. The Morgan fingerprint density at radius 2 is 1.53 bits per heavy atom. The van der Waals surface area contributed by atoms with Crippen LogP contribution in [0, 0.1) is 0 Å². The van der Waals surface area contributed by atoms with E-state index in [2.05, 4.69) is 5.32 Å². The zero-order chi connectivity index (χ0) is 26.3. The van der Waals surface area contributed by atoms with E-state index in [0.717, 1.165) is 22.1 Å². The number of hydrogen-bond donors (Lipinski definition) is 2. The number of carboxylic acids is 1. The van der Waals surface area contributed by atoms with Gasteiger partial charge in [-0.2, -0.15) is 0 Å². The SMILES string of the molecule is O=C(O)CCCOc1cccc(-c2cc3cc(C(=O)NC(c4ccccc4)c4ccccc4)ccc3o2)c1. The minimum atomic E-state index is -0.840. The first-order valence-electron chi connectivity index (χ1n) is 12.5. The van der Waals surface area contributed by atoms with Crippen molar-refractivity contribution in [3.63, 3.8) is 0 Å². The quantitative estimate of drug-likeness (QED) is 0.202. The van der Waals surface area contributed by atoms with Gasteiger partial charge in [0.15, 0.2) is 0 Å². The molecule has 0 saturated carbocycles. The number of carboxylic acid groups (broad SMARTS) is 1. The molecule has 38 heavy (non-hydrogen) atoms. The molecule has 0 aliphatic carbocycles. The molecular weight excluding hydrogens is 478 g/mol. The molecule has 0 atom stereocenters. The topological polar surface area (TPSA) is 88.8 Å². The highest BCUT2D eigenvalue weighted by Gasteiger charge is 2.18. The molecule has 0 radical (unpaired) electrons. The van der Waals surface area contributed by atoms with Gasteiger partial charge >= 0.3 is 5.97 Å². The van der Waals surface area contributed by atoms with Crippen LogP contribution in [0.2, 0.25) is 0 Å². The third-order valence-corrected chi connectivity index (χ3v) is 6.24. The van der Waals surface area contributed by atoms with Gasteiger partial charge in [-0.3, -0.25) is 9.59 Å². The second-order valence-corrected chi connectivity index (χ2v) is 8.96. The number of fused-ring (bicyclic) bond motifs is 1. The third-order valence-electron chi connectivity index (χ3n) is 6.24. The normalized spacial score (nSPS) is 11.0. The summed E-state index contributed by atoms with van der Waals surface area (Å²) in [4.78, 5) is 24.0. The Kier molecular flexibility index (Phi) is 7.50. The first-order valence-corrected chi connectivity index (χ1v) is 12.5. The maximum atomic E-state index is 13.3. The Morgan fingerprint density at radius 1 is 0.816 bits per heavy atom. The van der Waals surface area contributed by atoms with Crippen molar-refractivity contribution in [1.82, 2.24) is 5.32 Å². The molecule has 1 amide bonds. The molecule has 0 bridgehead atoms. The van der Waals surface area contributed by atoms with E-state index in [1.165, 1.54) is 0 Å². The van der Waals surface area contributed by atoms with Gasteiger partial charge in [0.2, 0.25) is 0 Å². The molecule has 5 rings (SSSR count). The van der Waals surface area contributed by atoms with Crippen molar-refractivity contribution in [3.8, 4) is 17.1 Å². The second kappa shape index (κ2) is 11.5. The lowest BCUT2D eigenvalue weighted by atomic mass is 9.98. The van der Waals surface area contributed by atoms with Gasteiger partial charge < -0.3 is 19.6 Å². The van der Waals surface area contributed by atoms with Crippen molar-refractivity contribution in [1.29, 1.82) is 0 Å². The molecular formula is C32H27NO5. The van der Waals surface area contributed by atoms with E-state index in [9.17, 15) is 9.59 Å². The number of amides is 1. The third kappa shape index (κ3) is 5.93. The maximum Gasteiger partial charge on any atom is 0.303 e. The lowest BCUT2D eigenvalue weighted by molar-refractivity contribution is -0.137. The molecule has 0 aliphatic rings. The zero-order valence-electron chi connectivity index (χ0n) is 20.7. The second-order valence-electron chi connectivity index (χ2n) is 8.96. The van der Waals surface area contributed by atoms with Crippen LogP contribution in [0.4, 0.5) is 0 Å². The number of hydrogen-bond acceptors (Lipinski definition) is 4. The van der Waals surface area contributed by atoms with E-state index >= 15 is 0 Å². The van der Waals surface area contributed by atoms with Gasteiger partial charge in [-0.25, -0.2) is 0 Å². The average molecular weight is 506 g/mol. The van der Waals surface area contributed by atoms with Crippen molar-refractivity contribution in [3.05, 3.63) is 126 Å². The van der Waals surface area contributed by atoms with E-state index in [1.807, 2.05) is 97.1 Å². The van der Waals surface area contributed by atoms with Gasteiger partial charge in [-0.15, -0.1) is 0 Å². The van der Waals surface area contributed by atoms with Gasteiger partial charge in [0.25, 0.3) is 5.91 Å². The minimum absolute atomic E-state index is 0.0661. The van der Waals surface area contributed by atoms with Crippen LogP contribution in [0.3, 0.4) is 0 Å². The maximum absolute atomic E-state index is 13.3. The average Bonchev–Trinajstić information content (AvgIpc) is 3.39. The molecule has 6 nitrogen and oxygen atoms in total. The first-order chi connectivity index (χ1) is 18.6. The molecule has 0 saturated heterocycles. The fourth-order valence-electron chi connectivity index (χ4n) is 4.34. The highest BCUT2D eigenvalue weighted by atomic mass is 16.5. The fourth-order valence-corrected chi connectivity index (χ4v) is 4.34. The van der Waals surface area contributed by atoms with Crippen LogP contribution in [0.15, 0.2) is 114 Å². The Morgan fingerprint density at radius 3 is 2.21 bits per heavy atom. The Labute approximate surface area is 220 Å². The molecule has 0 aliphatic heterocycles. The fraction of sp³-hybridized carbons (Fsp3) is 0.125. The van der Waals surface area contributed by atoms with Gasteiger partial charge in [0, 0.05) is 22.9 Å². The number of furan rings is 1. The molecule has 5 aromatic rings. The predicted octanol–water partition coefficient (Wildman–Crippen LogP) is 6.86. The van der Waals surface area contributed by atoms with Crippen molar-refractivity contribution in [2.45, 2.75) is 18.9 Å². The summed E-state index contributed by atoms with van der Waals surface area (Å²) in [7, 11) is 0. The van der Waals surface area contributed by atoms with E-state index in [1.54, 1.807) is 12.1 Å². The number of benzene rings is 4. The van der Waals surface area contributed by atoms with E-state index < -0.39 is 5.97 Å². The summed E-state index contributed by atoms with van der Waals surface area (Å²) in [6, 6.07) is 34.3. The number of ether oxygens (including phenoxy) is 1. The minimum Gasteiger partial charge on any atom is -0.494 e. The number of rotatable bonds is 10. The summed E-state index contributed by atoms with van der Waals surface area (Å²) in [5.41, 5.74) is 4.05. The van der Waals surface area contributed by atoms with Crippen LogP contribution in [-0.4, -0.2) is 23.6 Å². The smallest absolute Gasteiger partial charge is 0.303 e. The lowest BCUT2D eigenvalue weighted by Crippen LogP contribution is -2.29. The van der Waals surface area contributed by atoms with Crippen molar-refractivity contribution < 1.29 is 23.8 Å². The molecule has 1 aromatic heterocycles. The summed E-state index contributed by atoms with van der Waals surface area (Å²) >= 11 is 0. The number of nitrogens with one attached hydrogen (secondary N) is 1. The van der Waals surface area contributed by atoms with E-state index in [0.29, 0.717) is 35.7 Å². The molecule has 2 N–H and O–H groups in total. The van der Waals surface area contributed by atoms with E-state index in [-0.39, 0.29) is 18.4 Å². The standard InChI is InChI=1S/C32H27NO5/c34-30(35)15-8-18-37-27-14-7-13-24(20-27)29-21-26-19-25(16-17-28(26)38-29)32(36)33-31(22-9-3-1-4-10-22)23-11-5-2-6-12-23/h1-7,9-14,16-17,19-21,31H,8,15,18H2,(H,33,36)(H,34,35). The summed E-state index contributed by atoms with van der Waals surface area (Å²) in [5, 5.41) is 12.8. The number of aliphatic carboxylic acids is 1. The van der Waals surface area contributed by atoms with Crippen molar-refractivity contribution >= 4 is 22.8 Å². The van der Waals surface area contributed by atoms with Crippen LogP contribution >= 0.6 is 0 Å². The summed E-state index contributed by atoms with van der Waals surface area (Å²) < 4.78 is 11.8. The van der Waals surface area contributed by atoms with E-state index in [4.69, 9.17) is 14.3 Å². The molecule has 0 unspecified atom stereocenters. The lowest BCUT2D eigenvalue weighted by Gasteiger charge is -2.20.